The van der Waals surface area contributed by atoms with Crippen LogP contribution in [0.5, 0.6) is 0 Å². The summed E-state index contributed by atoms with van der Waals surface area (Å²) in [6, 6.07) is 11.7. The molecule has 2 N–H and O–H groups in total. The average Bonchev–Trinajstić information content (AvgIpc) is 3.59. The summed E-state index contributed by atoms with van der Waals surface area (Å²) in [5.74, 6) is 1.35. The lowest BCUT2D eigenvalue weighted by atomic mass is 10.1. The predicted octanol–water partition coefficient (Wildman–Crippen LogP) is 7.43. The SMILES string of the molecule is Cc1cnc(Cl)nc1Nc1ccc2c(c1)C=NC2.Cc1cnc(Cl)nc1Nc1ccc2c(cnn2C(=O)OC(C)(C)C)c1. The van der Waals surface area contributed by atoms with Crippen LogP contribution in [0.4, 0.5) is 27.8 Å². The van der Waals surface area contributed by atoms with Crippen LogP contribution in [-0.4, -0.2) is 47.6 Å². The number of benzene rings is 2. The molecule has 11 nitrogen and oxygen atoms in total. The van der Waals surface area contributed by atoms with Gasteiger partial charge in [-0.15, -0.1) is 0 Å². The number of aromatic nitrogens is 6. The van der Waals surface area contributed by atoms with E-state index >= 15 is 0 Å². The number of hydrogen-bond donors (Lipinski definition) is 2. The maximum atomic E-state index is 12.2. The van der Waals surface area contributed by atoms with Crippen LogP contribution in [0.3, 0.4) is 0 Å². The number of aliphatic imine (C=N–C) groups is 1. The maximum Gasteiger partial charge on any atom is 0.435 e. The van der Waals surface area contributed by atoms with Gasteiger partial charge in [-0.2, -0.15) is 9.78 Å². The molecule has 0 aliphatic carbocycles. The molecule has 0 amide bonds. The van der Waals surface area contributed by atoms with Crippen molar-refractivity contribution >= 4 is 69.4 Å². The van der Waals surface area contributed by atoms with Gasteiger partial charge in [0.1, 0.15) is 17.2 Å². The van der Waals surface area contributed by atoms with Gasteiger partial charge in [-0.3, -0.25) is 4.99 Å². The molecule has 43 heavy (non-hydrogen) atoms. The molecule has 220 valence electrons. The standard InChI is InChI=1S/C17H18ClN5O2.C13H11ClN4/c1-10-8-19-15(18)22-14(10)21-12-5-6-13-11(7-12)9-20-23(13)16(24)25-17(2,3)4;1-8-5-16-13(14)18-12(8)17-11-3-2-9-6-15-7-10(9)4-11/h5-9H,1-4H3,(H,19,21,22);2-5,7H,6H2,1H3,(H,16,17,18). The Morgan fingerprint density at radius 2 is 1.49 bits per heavy atom. The summed E-state index contributed by atoms with van der Waals surface area (Å²) in [6.07, 6.45) is 6.34. The zero-order valence-electron chi connectivity index (χ0n) is 24.2. The van der Waals surface area contributed by atoms with Crippen molar-refractivity contribution in [3.05, 3.63) is 87.8 Å². The Bertz CT molecular complexity index is 1850. The monoisotopic (exact) mass is 617 g/mol. The van der Waals surface area contributed by atoms with E-state index in [1.54, 1.807) is 24.7 Å². The second kappa shape index (κ2) is 12.3. The number of carbonyl (C=O) groups excluding carboxylic acids is 1. The van der Waals surface area contributed by atoms with Crippen LogP contribution >= 0.6 is 23.2 Å². The Kier molecular flexibility index (Phi) is 8.56. The van der Waals surface area contributed by atoms with Crippen LogP contribution in [0.1, 0.15) is 43.0 Å². The first kappa shape index (κ1) is 29.9. The molecule has 2 aromatic carbocycles. The van der Waals surface area contributed by atoms with E-state index in [4.69, 9.17) is 27.9 Å². The molecule has 13 heteroatoms. The number of nitrogens with zero attached hydrogens (tertiary/aromatic N) is 7. The predicted molar refractivity (Wildman–Crippen MR) is 169 cm³/mol. The molecule has 3 aromatic heterocycles. The second-order valence-electron chi connectivity index (χ2n) is 10.8. The van der Waals surface area contributed by atoms with E-state index in [1.165, 1.54) is 10.2 Å². The summed E-state index contributed by atoms with van der Waals surface area (Å²) in [5.41, 5.74) is 6.07. The van der Waals surface area contributed by atoms with E-state index in [-0.39, 0.29) is 10.6 Å². The third kappa shape index (κ3) is 7.43. The van der Waals surface area contributed by atoms with Gasteiger partial charge in [0.15, 0.2) is 0 Å². The molecule has 1 aliphatic rings. The van der Waals surface area contributed by atoms with Crippen molar-refractivity contribution in [3.63, 3.8) is 0 Å². The lowest BCUT2D eigenvalue weighted by Crippen LogP contribution is -2.27. The zero-order chi connectivity index (χ0) is 30.7. The van der Waals surface area contributed by atoms with Crippen molar-refractivity contribution in [1.82, 2.24) is 29.7 Å². The van der Waals surface area contributed by atoms with Gasteiger partial charge in [0.25, 0.3) is 0 Å². The average molecular weight is 619 g/mol. The van der Waals surface area contributed by atoms with Crippen LogP contribution in [0.2, 0.25) is 10.6 Å². The first-order valence-corrected chi connectivity index (χ1v) is 14.1. The largest absolute Gasteiger partial charge is 0.442 e. The quantitative estimate of drug-likeness (QED) is 0.197. The van der Waals surface area contributed by atoms with Crippen molar-refractivity contribution in [2.24, 2.45) is 4.99 Å². The topological polar surface area (TPSA) is 132 Å². The number of hydrogen-bond acceptors (Lipinski definition) is 10. The molecule has 0 spiro atoms. The van der Waals surface area contributed by atoms with Crippen LogP contribution in [0.15, 0.2) is 60.0 Å². The summed E-state index contributed by atoms with van der Waals surface area (Å²) in [5, 5.41) is 11.8. The summed E-state index contributed by atoms with van der Waals surface area (Å²) in [6.45, 7) is 10.0. The molecule has 0 unspecified atom stereocenters. The fourth-order valence-corrected chi connectivity index (χ4v) is 4.37. The maximum absolute atomic E-state index is 12.2. The first-order valence-electron chi connectivity index (χ1n) is 13.3. The van der Waals surface area contributed by atoms with E-state index in [0.29, 0.717) is 11.3 Å². The Labute approximate surface area is 258 Å². The Balaban J connectivity index is 0.000000180. The number of rotatable bonds is 4. The summed E-state index contributed by atoms with van der Waals surface area (Å²) in [7, 11) is 0. The highest BCUT2D eigenvalue weighted by Crippen LogP contribution is 2.25. The van der Waals surface area contributed by atoms with Crippen molar-refractivity contribution in [2.45, 2.75) is 46.8 Å². The van der Waals surface area contributed by atoms with Crippen LogP contribution in [-0.2, 0) is 11.3 Å². The first-order chi connectivity index (χ1) is 20.4. The molecular weight excluding hydrogens is 589 g/mol. The van der Waals surface area contributed by atoms with Gasteiger partial charge in [-0.25, -0.2) is 24.7 Å². The van der Waals surface area contributed by atoms with Gasteiger partial charge in [0, 0.05) is 46.5 Å². The van der Waals surface area contributed by atoms with Crippen molar-refractivity contribution in [3.8, 4) is 0 Å². The molecule has 0 saturated carbocycles. The van der Waals surface area contributed by atoms with Crippen LogP contribution in [0, 0.1) is 13.8 Å². The molecular formula is C30H29Cl2N9O2. The number of nitrogens with one attached hydrogen (secondary N) is 2. The molecule has 1 aliphatic heterocycles. The van der Waals surface area contributed by atoms with E-state index < -0.39 is 11.7 Å². The Hall–Kier alpha value is -4.61. The fourth-order valence-electron chi connectivity index (χ4n) is 4.11. The number of halogens is 2. The highest BCUT2D eigenvalue weighted by Gasteiger charge is 2.20. The minimum absolute atomic E-state index is 0.173. The van der Waals surface area contributed by atoms with Gasteiger partial charge in [-0.05, 0) is 99.3 Å². The third-order valence-electron chi connectivity index (χ3n) is 6.18. The Morgan fingerprint density at radius 1 is 0.884 bits per heavy atom. The minimum Gasteiger partial charge on any atom is -0.442 e. The number of carbonyl (C=O) groups is 1. The molecule has 0 atom stereocenters. The number of anilines is 4. The van der Waals surface area contributed by atoms with E-state index in [1.807, 2.05) is 59.0 Å². The molecule has 0 saturated heterocycles. The lowest BCUT2D eigenvalue weighted by molar-refractivity contribution is 0.0522. The van der Waals surface area contributed by atoms with E-state index in [9.17, 15) is 4.79 Å². The molecule has 0 radical (unpaired) electrons. The highest BCUT2D eigenvalue weighted by molar-refractivity contribution is 6.28. The lowest BCUT2D eigenvalue weighted by Gasteiger charge is -2.19. The van der Waals surface area contributed by atoms with Crippen LogP contribution < -0.4 is 10.6 Å². The van der Waals surface area contributed by atoms with Gasteiger partial charge < -0.3 is 15.4 Å². The van der Waals surface area contributed by atoms with E-state index in [2.05, 4.69) is 52.8 Å². The third-order valence-corrected chi connectivity index (χ3v) is 6.55. The van der Waals surface area contributed by atoms with E-state index in [0.717, 1.165) is 45.8 Å². The fraction of sp³-hybridized carbons (Fsp3) is 0.233. The second-order valence-corrected chi connectivity index (χ2v) is 11.5. The highest BCUT2D eigenvalue weighted by atomic mass is 35.5. The number of aryl methyl sites for hydroxylation is 2. The van der Waals surface area contributed by atoms with Gasteiger partial charge in [0.05, 0.1) is 18.3 Å². The zero-order valence-corrected chi connectivity index (χ0v) is 25.7. The van der Waals surface area contributed by atoms with Crippen molar-refractivity contribution in [2.75, 3.05) is 10.6 Å². The molecule has 0 bridgehead atoms. The van der Waals surface area contributed by atoms with Crippen LogP contribution in [0.25, 0.3) is 10.9 Å². The Morgan fingerprint density at radius 3 is 2.12 bits per heavy atom. The van der Waals surface area contributed by atoms with Gasteiger partial charge in [-0.1, -0.05) is 6.07 Å². The molecule has 5 aromatic rings. The summed E-state index contributed by atoms with van der Waals surface area (Å²) >= 11 is 11.6. The number of ether oxygens (including phenoxy) is 1. The molecule has 6 rings (SSSR count). The van der Waals surface area contributed by atoms with Crippen molar-refractivity contribution < 1.29 is 9.53 Å². The smallest absolute Gasteiger partial charge is 0.435 e. The van der Waals surface area contributed by atoms with Gasteiger partial charge in [0.2, 0.25) is 10.6 Å². The van der Waals surface area contributed by atoms with Gasteiger partial charge >= 0.3 is 6.09 Å². The summed E-state index contributed by atoms with van der Waals surface area (Å²) in [4.78, 5) is 32.7. The normalized spacial score (nSPS) is 12.0. The summed E-state index contributed by atoms with van der Waals surface area (Å²) < 4.78 is 6.61. The molecule has 4 heterocycles. The molecule has 0 fully saturated rings. The minimum atomic E-state index is -0.583. The number of fused-ring (bicyclic) bond motifs is 2. The van der Waals surface area contributed by atoms with Crippen molar-refractivity contribution in [1.29, 1.82) is 0 Å².